The van der Waals surface area contributed by atoms with E-state index in [-0.39, 0.29) is 5.91 Å². The fraction of sp³-hybridized carbons (Fsp3) is 0.500. The van der Waals surface area contributed by atoms with Crippen LogP contribution in [-0.4, -0.2) is 11.7 Å². The van der Waals surface area contributed by atoms with Crippen molar-refractivity contribution in [3.8, 4) is 0 Å². The van der Waals surface area contributed by atoms with Crippen LogP contribution in [0.15, 0.2) is 5.10 Å². The highest BCUT2D eigenvalue weighted by atomic mass is 16.2. The molecule has 1 aliphatic rings. The molecule has 1 amide bonds. The Labute approximate surface area is 46.7 Å². The summed E-state index contributed by atoms with van der Waals surface area (Å²) in [5.74, 6) is 0.448. The van der Waals surface area contributed by atoms with Crippen molar-refractivity contribution in [2.75, 3.05) is 0 Å². The van der Waals surface area contributed by atoms with E-state index in [9.17, 15) is 4.79 Å². The number of amidine groups is 1. The molecule has 0 fully saturated rings. The highest BCUT2D eigenvalue weighted by Crippen LogP contribution is 1.93. The SMILES string of the molecule is NC1=NNC(=O)CC1. The van der Waals surface area contributed by atoms with Gasteiger partial charge in [0.1, 0.15) is 5.84 Å². The summed E-state index contributed by atoms with van der Waals surface area (Å²) in [5, 5.41) is 3.51. The zero-order valence-corrected chi connectivity index (χ0v) is 4.35. The van der Waals surface area contributed by atoms with Crippen molar-refractivity contribution in [2.45, 2.75) is 12.8 Å². The first-order valence-electron chi connectivity index (χ1n) is 2.40. The maximum Gasteiger partial charge on any atom is 0.240 e. The second-order valence-corrected chi connectivity index (χ2v) is 1.64. The van der Waals surface area contributed by atoms with Crippen molar-refractivity contribution in [3.05, 3.63) is 0 Å². The number of hydrogen-bond donors (Lipinski definition) is 2. The first kappa shape index (κ1) is 5.08. The van der Waals surface area contributed by atoms with Crippen LogP contribution in [0.4, 0.5) is 0 Å². The fourth-order valence-electron chi connectivity index (χ4n) is 0.488. The second kappa shape index (κ2) is 1.81. The number of nitrogens with two attached hydrogens (primary N) is 1. The van der Waals surface area contributed by atoms with E-state index in [4.69, 9.17) is 5.73 Å². The lowest BCUT2D eigenvalue weighted by atomic mass is 10.3. The maximum absolute atomic E-state index is 10.3. The van der Waals surface area contributed by atoms with Gasteiger partial charge in [-0.05, 0) is 0 Å². The van der Waals surface area contributed by atoms with Gasteiger partial charge in [-0.3, -0.25) is 4.79 Å². The molecule has 0 aromatic rings. The van der Waals surface area contributed by atoms with Crippen LogP contribution in [0.2, 0.25) is 0 Å². The van der Waals surface area contributed by atoms with Crippen LogP contribution < -0.4 is 11.2 Å². The van der Waals surface area contributed by atoms with E-state index in [0.29, 0.717) is 18.7 Å². The summed E-state index contributed by atoms with van der Waals surface area (Å²) in [6.07, 6.45) is 1.06. The molecular weight excluding hydrogens is 106 g/mol. The van der Waals surface area contributed by atoms with E-state index in [2.05, 4.69) is 10.5 Å². The molecule has 0 aromatic carbocycles. The van der Waals surface area contributed by atoms with E-state index < -0.39 is 0 Å². The standard InChI is InChI=1S/C4H7N3O/c5-3-1-2-4(8)7-6-3/h1-2H2,(H2,5,6)(H,7,8). The second-order valence-electron chi connectivity index (χ2n) is 1.64. The van der Waals surface area contributed by atoms with Crippen molar-refractivity contribution >= 4 is 11.7 Å². The number of rotatable bonds is 0. The van der Waals surface area contributed by atoms with Crippen LogP contribution in [-0.2, 0) is 4.79 Å². The minimum absolute atomic E-state index is 0.0563. The molecule has 0 spiro atoms. The molecule has 4 heteroatoms. The van der Waals surface area contributed by atoms with Crippen molar-refractivity contribution in [1.82, 2.24) is 5.43 Å². The molecule has 4 nitrogen and oxygen atoms in total. The quantitative estimate of drug-likeness (QED) is 0.430. The number of nitrogens with one attached hydrogen (secondary N) is 1. The molecule has 1 aliphatic heterocycles. The van der Waals surface area contributed by atoms with E-state index in [1.165, 1.54) is 0 Å². The van der Waals surface area contributed by atoms with Crippen LogP contribution in [0, 0.1) is 0 Å². The molecule has 1 rings (SSSR count). The maximum atomic E-state index is 10.3. The molecule has 0 bridgehead atoms. The number of hydrogen-bond acceptors (Lipinski definition) is 3. The lowest BCUT2D eigenvalue weighted by Crippen LogP contribution is -2.29. The summed E-state index contributed by atoms with van der Waals surface area (Å²) in [7, 11) is 0. The van der Waals surface area contributed by atoms with Crippen molar-refractivity contribution in [2.24, 2.45) is 10.8 Å². The molecule has 0 saturated heterocycles. The Kier molecular flexibility index (Phi) is 1.15. The van der Waals surface area contributed by atoms with E-state index in [1.807, 2.05) is 0 Å². The summed E-state index contributed by atoms with van der Waals surface area (Å²) in [6, 6.07) is 0. The Morgan fingerprint density at radius 2 is 2.38 bits per heavy atom. The third kappa shape index (κ3) is 0.959. The van der Waals surface area contributed by atoms with E-state index in [1.54, 1.807) is 0 Å². The predicted molar refractivity (Wildman–Crippen MR) is 29.0 cm³/mol. The molecule has 0 aliphatic carbocycles. The summed E-state index contributed by atoms with van der Waals surface area (Å²) < 4.78 is 0. The minimum Gasteiger partial charge on any atom is -0.386 e. The molecule has 0 saturated carbocycles. The van der Waals surface area contributed by atoms with Gasteiger partial charge in [-0.15, -0.1) is 0 Å². The van der Waals surface area contributed by atoms with Crippen molar-refractivity contribution in [3.63, 3.8) is 0 Å². The number of hydrazone groups is 1. The van der Waals surface area contributed by atoms with Crippen LogP contribution in [0.25, 0.3) is 0 Å². The molecular formula is C4H7N3O. The van der Waals surface area contributed by atoms with Gasteiger partial charge in [-0.1, -0.05) is 0 Å². The highest BCUT2D eigenvalue weighted by Gasteiger charge is 2.06. The molecule has 0 atom stereocenters. The molecule has 0 aromatic heterocycles. The van der Waals surface area contributed by atoms with E-state index in [0.717, 1.165) is 0 Å². The fourth-order valence-corrected chi connectivity index (χ4v) is 0.488. The summed E-state index contributed by atoms with van der Waals surface area (Å²) in [5.41, 5.74) is 7.49. The number of nitrogens with zero attached hydrogens (tertiary/aromatic N) is 1. The van der Waals surface area contributed by atoms with Gasteiger partial charge in [0.25, 0.3) is 0 Å². The lowest BCUT2D eigenvalue weighted by Gasteiger charge is -2.05. The average Bonchev–Trinajstić information content (AvgIpc) is 1.77. The Bertz CT molecular complexity index is 140. The van der Waals surface area contributed by atoms with Gasteiger partial charge in [-0.25, -0.2) is 5.43 Å². The average molecular weight is 113 g/mol. The third-order valence-electron chi connectivity index (χ3n) is 0.932. The van der Waals surface area contributed by atoms with Gasteiger partial charge in [-0.2, -0.15) is 5.10 Å². The Balaban J connectivity index is 2.55. The summed E-state index contributed by atoms with van der Waals surface area (Å²) in [4.78, 5) is 10.3. The number of amides is 1. The Morgan fingerprint density at radius 3 is 2.75 bits per heavy atom. The summed E-state index contributed by atoms with van der Waals surface area (Å²) in [6.45, 7) is 0. The zero-order chi connectivity index (χ0) is 5.98. The molecule has 0 radical (unpaired) electrons. The van der Waals surface area contributed by atoms with Gasteiger partial charge in [0.15, 0.2) is 0 Å². The van der Waals surface area contributed by atoms with Crippen LogP contribution >= 0.6 is 0 Å². The van der Waals surface area contributed by atoms with Gasteiger partial charge in [0.2, 0.25) is 5.91 Å². The molecule has 0 unspecified atom stereocenters. The normalized spacial score (nSPS) is 19.5. The topological polar surface area (TPSA) is 67.5 Å². The molecule has 1 heterocycles. The van der Waals surface area contributed by atoms with Crippen molar-refractivity contribution in [1.29, 1.82) is 0 Å². The van der Waals surface area contributed by atoms with Gasteiger partial charge >= 0.3 is 0 Å². The van der Waals surface area contributed by atoms with Crippen molar-refractivity contribution < 1.29 is 4.79 Å². The minimum atomic E-state index is -0.0563. The smallest absolute Gasteiger partial charge is 0.240 e. The van der Waals surface area contributed by atoms with Gasteiger partial charge < -0.3 is 5.73 Å². The Morgan fingerprint density at radius 1 is 1.62 bits per heavy atom. The predicted octanol–water partition coefficient (Wildman–Crippen LogP) is -0.831. The highest BCUT2D eigenvalue weighted by molar-refractivity contribution is 5.89. The van der Waals surface area contributed by atoms with Gasteiger partial charge in [0.05, 0.1) is 0 Å². The molecule has 8 heavy (non-hydrogen) atoms. The lowest BCUT2D eigenvalue weighted by molar-refractivity contribution is -0.121. The van der Waals surface area contributed by atoms with Crippen LogP contribution in [0.1, 0.15) is 12.8 Å². The monoisotopic (exact) mass is 113 g/mol. The van der Waals surface area contributed by atoms with Gasteiger partial charge in [0, 0.05) is 12.8 Å². The van der Waals surface area contributed by atoms with Crippen LogP contribution in [0.5, 0.6) is 0 Å². The number of carbonyl (C=O) groups is 1. The third-order valence-corrected chi connectivity index (χ3v) is 0.932. The summed E-state index contributed by atoms with van der Waals surface area (Å²) >= 11 is 0. The zero-order valence-electron chi connectivity index (χ0n) is 4.35. The first-order valence-corrected chi connectivity index (χ1v) is 2.40. The van der Waals surface area contributed by atoms with Crippen LogP contribution in [0.3, 0.4) is 0 Å². The van der Waals surface area contributed by atoms with E-state index >= 15 is 0 Å². The first-order chi connectivity index (χ1) is 3.79. The Hall–Kier alpha value is -1.06. The largest absolute Gasteiger partial charge is 0.386 e. The number of carbonyl (C=O) groups excluding carboxylic acids is 1. The molecule has 3 N–H and O–H groups in total. The molecule has 44 valence electrons.